The van der Waals surface area contributed by atoms with E-state index < -0.39 is 0 Å². The molecule has 1 aromatic carbocycles. The van der Waals surface area contributed by atoms with Crippen LogP contribution in [-0.4, -0.2) is 23.5 Å². The Labute approximate surface area is 155 Å². The van der Waals surface area contributed by atoms with Gasteiger partial charge in [0.15, 0.2) is 0 Å². The summed E-state index contributed by atoms with van der Waals surface area (Å²) >= 11 is 1.50. The molecule has 2 rings (SSSR count). The molecule has 4 nitrogen and oxygen atoms in total. The molecule has 5 heteroatoms. The minimum Gasteiger partial charge on any atom is -0.380 e. The van der Waals surface area contributed by atoms with Crippen LogP contribution in [0.1, 0.15) is 55.0 Å². The smallest absolute Gasteiger partial charge is 0.263 e. The molecule has 2 aromatic rings. The number of aryl methyl sites for hydroxylation is 1. The normalized spacial score (nSPS) is 12.9. The van der Waals surface area contributed by atoms with E-state index in [0.29, 0.717) is 17.3 Å². The van der Waals surface area contributed by atoms with Crippen molar-refractivity contribution in [3.05, 3.63) is 45.9 Å². The first kappa shape index (κ1) is 19.4. The summed E-state index contributed by atoms with van der Waals surface area (Å²) in [6.07, 6.45) is 0. The molecule has 0 aliphatic heterocycles. The Hall–Kier alpha value is -1.88. The Kier molecular flexibility index (Phi) is 6.22. The zero-order chi connectivity index (χ0) is 18.6. The van der Waals surface area contributed by atoms with E-state index in [2.05, 4.69) is 50.2 Å². The molecule has 0 fully saturated rings. The van der Waals surface area contributed by atoms with Crippen LogP contribution in [0, 0.1) is 12.8 Å². The van der Waals surface area contributed by atoms with Crippen molar-refractivity contribution in [1.29, 1.82) is 0 Å². The number of para-hydroxylation sites is 1. The number of hydrogen-bond donors (Lipinski definition) is 2. The van der Waals surface area contributed by atoms with E-state index in [1.807, 2.05) is 37.3 Å². The summed E-state index contributed by atoms with van der Waals surface area (Å²) < 4.78 is 0. The lowest BCUT2D eigenvalue weighted by atomic mass is 9.98. The minimum atomic E-state index is -0.0384. The third-order valence-corrected chi connectivity index (χ3v) is 5.64. The molecule has 25 heavy (non-hydrogen) atoms. The van der Waals surface area contributed by atoms with Crippen LogP contribution >= 0.6 is 11.3 Å². The van der Waals surface area contributed by atoms with Gasteiger partial charge < -0.3 is 10.6 Å². The van der Waals surface area contributed by atoms with Crippen LogP contribution in [0.4, 0.5) is 5.69 Å². The molecule has 2 N–H and O–H groups in total. The number of thiazole rings is 1. The van der Waals surface area contributed by atoms with Gasteiger partial charge in [-0.3, -0.25) is 4.79 Å². The second-order valence-corrected chi connectivity index (χ2v) is 8.75. The number of amides is 1. The van der Waals surface area contributed by atoms with Gasteiger partial charge in [-0.15, -0.1) is 11.3 Å². The number of anilines is 1. The number of rotatable bonds is 6. The highest BCUT2D eigenvalue weighted by Gasteiger charge is 2.23. The lowest BCUT2D eigenvalue weighted by Gasteiger charge is -2.24. The van der Waals surface area contributed by atoms with E-state index in [9.17, 15) is 4.79 Å². The zero-order valence-corrected chi connectivity index (χ0v) is 16.8. The Morgan fingerprint density at radius 2 is 1.84 bits per heavy atom. The van der Waals surface area contributed by atoms with Crippen molar-refractivity contribution in [3.8, 4) is 0 Å². The van der Waals surface area contributed by atoms with E-state index in [0.717, 1.165) is 16.4 Å². The molecule has 1 unspecified atom stereocenters. The number of nitrogens with zero attached hydrogens (tertiary/aromatic N) is 1. The first-order valence-corrected chi connectivity index (χ1v) is 9.58. The topological polar surface area (TPSA) is 54.0 Å². The number of benzene rings is 1. The monoisotopic (exact) mass is 359 g/mol. The molecule has 0 aliphatic carbocycles. The molecular formula is C20H29N3OS. The van der Waals surface area contributed by atoms with Gasteiger partial charge in [-0.25, -0.2) is 4.98 Å². The molecule has 0 bridgehead atoms. The molecule has 1 heterocycles. The summed E-state index contributed by atoms with van der Waals surface area (Å²) in [7, 11) is 0. The molecule has 0 aliphatic rings. The van der Waals surface area contributed by atoms with Crippen molar-refractivity contribution in [1.82, 2.24) is 10.3 Å². The predicted molar refractivity (Wildman–Crippen MR) is 107 cm³/mol. The van der Waals surface area contributed by atoms with Crippen LogP contribution in [0.15, 0.2) is 30.3 Å². The fourth-order valence-corrected chi connectivity index (χ4v) is 3.45. The van der Waals surface area contributed by atoms with E-state index in [-0.39, 0.29) is 17.4 Å². The highest BCUT2D eigenvalue weighted by molar-refractivity contribution is 7.14. The van der Waals surface area contributed by atoms with Crippen molar-refractivity contribution in [3.63, 3.8) is 0 Å². The van der Waals surface area contributed by atoms with Crippen LogP contribution in [0.2, 0.25) is 0 Å². The fraction of sp³-hybridized carbons (Fsp3) is 0.500. The quantitative estimate of drug-likeness (QED) is 0.791. The average Bonchev–Trinajstić information content (AvgIpc) is 2.94. The molecule has 136 valence electrons. The molecule has 1 atom stereocenters. The van der Waals surface area contributed by atoms with Crippen LogP contribution in [-0.2, 0) is 5.41 Å². The number of hydrogen-bond acceptors (Lipinski definition) is 4. The number of nitrogens with one attached hydrogen (secondary N) is 2. The maximum Gasteiger partial charge on any atom is 0.263 e. The van der Waals surface area contributed by atoms with Gasteiger partial charge >= 0.3 is 0 Å². The summed E-state index contributed by atoms with van der Waals surface area (Å²) in [5.74, 6) is 0.360. The number of carbonyl (C=O) groups excluding carboxylic acids is 1. The van der Waals surface area contributed by atoms with Crippen LogP contribution in [0.25, 0.3) is 0 Å². The van der Waals surface area contributed by atoms with Crippen molar-refractivity contribution < 1.29 is 4.79 Å². The number of carbonyl (C=O) groups is 1. The van der Waals surface area contributed by atoms with E-state index in [1.165, 1.54) is 11.3 Å². The Morgan fingerprint density at radius 3 is 2.36 bits per heavy atom. The molecular weight excluding hydrogens is 330 g/mol. The predicted octanol–water partition coefficient (Wildman–Crippen LogP) is 4.62. The van der Waals surface area contributed by atoms with Crippen LogP contribution < -0.4 is 10.6 Å². The first-order chi connectivity index (χ1) is 11.7. The third-order valence-electron chi connectivity index (χ3n) is 4.06. The van der Waals surface area contributed by atoms with Crippen molar-refractivity contribution >= 4 is 22.9 Å². The minimum absolute atomic E-state index is 0.0361. The highest BCUT2D eigenvalue weighted by atomic mass is 32.1. The SMILES string of the molecule is Cc1nc(C(C)(C)C)sc1C(=O)NCC(Nc1ccccc1)C(C)C. The molecule has 1 amide bonds. The standard InChI is InChI=1S/C20H29N3OS/c1-13(2)16(23-15-10-8-7-9-11-15)12-21-18(24)17-14(3)22-19(25-17)20(4,5)6/h7-11,13,16,23H,12H2,1-6H3,(H,21,24). The van der Waals surface area contributed by atoms with E-state index in [4.69, 9.17) is 0 Å². The second-order valence-electron chi connectivity index (χ2n) is 7.75. The highest BCUT2D eigenvalue weighted by Crippen LogP contribution is 2.29. The Balaban J connectivity index is 2.03. The van der Waals surface area contributed by atoms with Gasteiger partial charge in [-0.05, 0) is 25.0 Å². The largest absolute Gasteiger partial charge is 0.380 e. The van der Waals surface area contributed by atoms with Gasteiger partial charge in [0.1, 0.15) is 4.88 Å². The molecule has 0 spiro atoms. The van der Waals surface area contributed by atoms with Crippen LogP contribution in [0.3, 0.4) is 0 Å². The summed E-state index contributed by atoms with van der Waals surface area (Å²) in [6, 6.07) is 10.3. The molecule has 0 radical (unpaired) electrons. The van der Waals surface area contributed by atoms with Gasteiger partial charge in [0.2, 0.25) is 0 Å². The summed E-state index contributed by atoms with van der Waals surface area (Å²) in [4.78, 5) is 17.9. The molecule has 1 aromatic heterocycles. The Bertz CT molecular complexity index is 701. The first-order valence-electron chi connectivity index (χ1n) is 8.76. The summed E-state index contributed by atoms with van der Waals surface area (Å²) in [5, 5.41) is 7.58. The summed E-state index contributed by atoms with van der Waals surface area (Å²) in [6.45, 7) is 13.1. The lowest BCUT2D eigenvalue weighted by molar-refractivity contribution is 0.0953. The van der Waals surface area contributed by atoms with Gasteiger partial charge in [0.25, 0.3) is 5.91 Å². The third kappa shape index (κ3) is 5.30. The molecule has 0 saturated heterocycles. The van der Waals surface area contributed by atoms with Gasteiger partial charge in [-0.2, -0.15) is 0 Å². The maximum atomic E-state index is 12.6. The van der Waals surface area contributed by atoms with E-state index >= 15 is 0 Å². The van der Waals surface area contributed by atoms with E-state index in [1.54, 1.807) is 0 Å². The van der Waals surface area contributed by atoms with Crippen LogP contribution in [0.5, 0.6) is 0 Å². The van der Waals surface area contributed by atoms with Crippen molar-refractivity contribution in [2.45, 2.75) is 53.0 Å². The number of aromatic nitrogens is 1. The van der Waals surface area contributed by atoms with Gasteiger partial charge in [-0.1, -0.05) is 52.8 Å². The maximum absolute atomic E-state index is 12.6. The Morgan fingerprint density at radius 1 is 1.20 bits per heavy atom. The molecule has 0 saturated carbocycles. The van der Waals surface area contributed by atoms with Crippen molar-refractivity contribution in [2.24, 2.45) is 5.92 Å². The fourth-order valence-electron chi connectivity index (χ4n) is 2.41. The van der Waals surface area contributed by atoms with Crippen molar-refractivity contribution in [2.75, 3.05) is 11.9 Å². The summed E-state index contributed by atoms with van der Waals surface area (Å²) in [5.41, 5.74) is 1.84. The van der Waals surface area contributed by atoms with Gasteiger partial charge in [0, 0.05) is 23.7 Å². The van der Waals surface area contributed by atoms with Gasteiger partial charge in [0.05, 0.1) is 10.7 Å². The lowest BCUT2D eigenvalue weighted by Crippen LogP contribution is -2.39. The average molecular weight is 360 g/mol. The zero-order valence-electron chi connectivity index (χ0n) is 16.0. The second kappa shape index (κ2) is 8.00.